The number of anilines is 1. The van der Waals surface area contributed by atoms with Crippen molar-refractivity contribution in [3.8, 4) is 5.75 Å². The third-order valence-electron chi connectivity index (χ3n) is 5.10. The summed E-state index contributed by atoms with van der Waals surface area (Å²) in [6.45, 7) is 0.202. The summed E-state index contributed by atoms with van der Waals surface area (Å²) in [5.41, 5.74) is 1.41. The molecule has 0 saturated carbocycles. The molecule has 2 aliphatic heterocycles. The summed E-state index contributed by atoms with van der Waals surface area (Å²) >= 11 is 1.20. The summed E-state index contributed by atoms with van der Waals surface area (Å²) in [6, 6.07) is 11.4. The standard InChI is InChI=1S/C21H16N2O7S2/c1-28-14-3-4-15-13(9-19(24)30-17(15)10-14)11-29-20(25)12-2-5-16-18(8-12)31-21-22-32(26,27)7-6-23(16)21/h2-5,8-10H,6-7,11H2,1H3. The van der Waals surface area contributed by atoms with E-state index in [1.54, 1.807) is 36.4 Å². The van der Waals surface area contributed by atoms with Crippen molar-refractivity contribution in [1.29, 1.82) is 0 Å². The van der Waals surface area contributed by atoms with Crippen molar-refractivity contribution < 1.29 is 27.1 Å². The highest BCUT2D eigenvalue weighted by Gasteiger charge is 2.33. The third kappa shape index (κ3) is 3.73. The van der Waals surface area contributed by atoms with Gasteiger partial charge in [0.05, 0.1) is 24.1 Å². The minimum Gasteiger partial charge on any atom is -0.497 e. The molecule has 0 saturated heterocycles. The van der Waals surface area contributed by atoms with Crippen LogP contribution in [0.1, 0.15) is 15.9 Å². The topological polar surface area (TPSA) is 115 Å². The van der Waals surface area contributed by atoms with E-state index in [0.29, 0.717) is 39.6 Å². The fourth-order valence-corrected chi connectivity index (χ4v) is 5.84. The first kappa shape index (κ1) is 20.6. The van der Waals surface area contributed by atoms with Crippen LogP contribution in [0.15, 0.2) is 61.0 Å². The minimum absolute atomic E-state index is 0.0504. The monoisotopic (exact) mass is 472 g/mol. The van der Waals surface area contributed by atoms with Crippen molar-refractivity contribution in [2.75, 3.05) is 24.3 Å². The van der Waals surface area contributed by atoms with E-state index in [-0.39, 0.29) is 12.4 Å². The lowest BCUT2D eigenvalue weighted by Gasteiger charge is -2.22. The van der Waals surface area contributed by atoms with Gasteiger partial charge in [0.15, 0.2) is 5.17 Å². The lowest BCUT2D eigenvalue weighted by Crippen LogP contribution is -2.35. The summed E-state index contributed by atoms with van der Waals surface area (Å²) in [6.07, 6.45) is 0. The van der Waals surface area contributed by atoms with Crippen LogP contribution in [0.3, 0.4) is 0 Å². The number of methoxy groups -OCH3 is 1. The summed E-state index contributed by atoms with van der Waals surface area (Å²) in [5.74, 6) is -0.0764. The van der Waals surface area contributed by atoms with Crippen LogP contribution in [-0.2, 0) is 21.4 Å². The van der Waals surface area contributed by atoms with Gasteiger partial charge in [-0.05, 0) is 42.1 Å². The molecule has 5 rings (SSSR count). The quantitative estimate of drug-likeness (QED) is 0.417. The molecule has 2 aliphatic rings. The Hall–Kier alpha value is -3.31. The van der Waals surface area contributed by atoms with E-state index in [1.807, 2.05) is 4.90 Å². The lowest BCUT2D eigenvalue weighted by molar-refractivity contribution is 0.0473. The Morgan fingerprint density at radius 1 is 1.22 bits per heavy atom. The van der Waals surface area contributed by atoms with Gasteiger partial charge < -0.3 is 18.8 Å². The zero-order valence-electron chi connectivity index (χ0n) is 16.7. The molecule has 0 amide bonds. The van der Waals surface area contributed by atoms with Gasteiger partial charge in [0.25, 0.3) is 10.0 Å². The molecule has 0 aliphatic carbocycles. The predicted molar refractivity (Wildman–Crippen MR) is 119 cm³/mol. The number of carbonyl (C=O) groups is 1. The molecule has 11 heteroatoms. The first-order valence-corrected chi connectivity index (χ1v) is 12.0. The molecule has 0 atom stereocenters. The number of hydrogen-bond acceptors (Lipinski definition) is 9. The van der Waals surface area contributed by atoms with Crippen LogP contribution in [0.25, 0.3) is 11.0 Å². The van der Waals surface area contributed by atoms with Crippen molar-refractivity contribution in [3.63, 3.8) is 0 Å². The van der Waals surface area contributed by atoms with Gasteiger partial charge in [-0.2, -0.15) is 0 Å². The van der Waals surface area contributed by atoms with Crippen LogP contribution in [0.5, 0.6) is 5.75 Å². The number of hydrogen-bond donors (Lipinski definition) is 0. The Morgan fingerprint density at radius 2 is 2.06 bits per heavy atom. The highest BCUT2D eigenvalue weighted by atomic mass is 32.2. The number of fused-ring (bicyclic) bond motifs is 4. The van der Waals surface area contributed by atoms with Crippen molar-refractivity contribution >= 4 is 49.6 Å². The summed E-state index contributed by atoms with van der Waals surface area (Å²) in [7, 11) is -1.94. The molecule has 164 valence electrons. The first-order chi connectivity index (χ1) is 15.3. The number of nitrogens with zero attached hydrogens (tertiary/aromatic N) is 2. The number of benzene rings is 2. The van der Waals surface area contributed by atoms with E-state index in [2.05, 4.69) is 4.40 Å². The molecule has 0 radical (unpaired) electrons. The average molecular weight is 473 g/mol. The largest absolute Gasteiger partial charge is 0.497 e. The Bertz CT molecular complexity index is 1460. The molecule has 1 aromatic heterocycles. The maximum Gasteiger partial charge on any atom is 0.338 e. The maximum atomic E-state index is 12.7. The van der Waals surface area contributed by atoms with Crippen LogP contribution in [0.4, 0.5) is 5.69 Å². The summed E-state index contributed by atoms with van der Waals surface area (Å²) in [4.78, 5) is 27.1. The molecule has 0 spiro atoms. The number of ether oxygens (including phenoxy) is 2. The van der Waals surface area contributed by atoms with E-state index in [0.717, 1.165) is 10.6 Å². The van der Waals surface area contributed by atoms with Crippen molar-refractivity contribution in [2.45, 2.75) is 11.5 Å². The van der Waals surface area contributed by atoms with E-state index in [1.165, 1.54) is 24.9 Å². The number of carbonyl (C=O) groups excluding carboxylic acids is 1. The maximum absolute atomic E-state index is 12.7. The number of esters is 1. The van der Waals surface area contributed by atoms with Crippen molar-refractivity contribution in [3.05, 3.63) is 64.0 Å². The van der Waals surface area contributed by atoms with E-state index < -0.39 is 21.6 Å². The highest BCUT2D eigenvalue weighted by molar-refractivity contribution is 8.15. The number of thioether (sulfide) groups is 1. The molecule has 2 aromatic carbocycles. The van der Waals surface area contributed by atoms with Gasteiger partial charge in [-0.1, -0.05) is 0 Å². The second-order valence-electron chi connectivity index (χ2n) is 7.12. The van der Waals surface area contributed by atoms with Gasteiger partial charge in [0.1, 0.15) is 17.9 Å². The molecule has 0 unspecified atom stereocenters. The molecular formula is C21H16N2O7S2. The van der Waals surface area contributed by atoms with Crippen LogP contribution < -0.4 is 15.3 Å². The normalized spacial score (nSPS) is 16.3. The van der Waals surface area contributed by atoms with Gasteiger partial charge in [-0.25, -0.2) is 18.0 Å². The molecule has 0 bridgehead atoms. The predicted octanol–water partition coefficient (Wildman–Crippen LogP) is 2.77. The Balaban J connectivity index is 1.37. The van der Waals surface area contributed by atoms with E-state index in [9.17, 15) is 18.0 Å². The number of amidine groups is 1. The van der Waals surface area contributed by atoms with Gasteiger partial charge in [-0.3, -0.25) is 0 Å². The molecule has 9 nitrogen and oxygen atoms in total. The fraction of sp³-hybridized carbons (Fsp3) is 0.190. The Labute approximate surface area is 186 Å². The molecule has 3 aromatic rings. The third-order valence-corrected chi connectivity index (χ3v) is 7.41. The second kappa shape index (κ2) is 7.68. The summed E-state index contributed by atoms with van der Waals surface area (Å²) < 4.78 is 43.1. The zero-order valence-corrected chi connectivity index (χ0v) is 18.4. The van der Waals surface area contributed by atoms with E-state index >= 15 is 0 Å². The van der Waals surface area contributed by atoms with Crippen LogP contribution in [0.2, 0.25) is 0 Å². The van der Waals surface area contributed by atoms with Crippen molar-refractivity contribution in [2.24, 2.45) is 4.40 Å². The minimum atomic E-state index is -3.45. The average Bonchev–Trinajstić information content (AvgIpc) is 3.11. The zero-order chi connectivity index (χ0) is 22.5. The Kier molecular flexibility index (Phi) is 4.94. The lowest BCUT2D eigenvalue weighted by atomic mass is 10.1. The molecular weight excluding hydrogens is 456 g/mol. The number of rotatable bonds is 4. The van der Waals surface area contributed by atoms with E-state index in [4.69, 9.17) is 13.9 Å². The first-order valence-electron chi connectivity index (χ1n) is 9.53. The smallest absolute Gasteiger partial charge is 0.338 e. The highest BCUT2D eigenvalue weighted by Crippen LogP contribution is 2.42. The fourth-order valence-electron chi connectivity index (χ4n) is 3.54. The number of sulfonamides is 1. The summed E-state index contributed by atoms with van der Waals surface area (Å²) in [5, 5.41) is 1.02. The van der Waals surface area contributed by atoms with Crippen LogP contribution in [0, 0.1) is 0 Å². The molecule has 0 fully saturated rings. The van der Waals surface area contributed by atoms with Gasteiger partial charge in [-0.15, -0.1) is 4.40 Å². The van der Waals surface area contributed by atoms with Gasteiger partial charge in [0, 0.05) is 34.5 Å². The van der Waals surface area contributed by atoms with Crippen molar-refractivity contribution in [1.82, 2.24) is 0 Å². The second-order valence-corrected chi connectivity index (χ2v) is 9.89. The van der Waals surface area contributed by atoms with Crippen LogP contribution >= 0.6 is 11.8 Å². The van der Waals surface area contributed by atoms with Crippen LogP contribution in [-0.4, -0.2) is 39.0 Å². The molecule has 32 heavy (non-hydrogen) atoms. The molecule has 3 heterocycles. The Morgan fingerprint density at radius 3 is 2.88 bits per heavy atom. The van der Waals surface area contributed by atoms with Gasteiger partial charge >= 0.3 is 11.6 Å². The van der Waals surface area contributed by atoms with Gasteiger partial charge in [0.2, 0.25) is 0 Å². The molecule has 0 N–H and O–H groups in total. The SMILES string of the molecule is COc1ccc2c(COC(=O)c3ccc4c(c3)SC3=NS(=O)(=O)CCN34)cc(=O)oc2c1.